The lowest BCUT2D eigenvalue weighted by molar-refractivity contribution is -0.128. The average molecular weight is 226 g/mol. The summed E-state index contributed by atoms with van der Waals surface area (Å²) in [4.78, 5) is 22.5. The maximum atomic E-state index is 11.7. The Morgan fingerprint density at radius 2 is 2.00 bits per heavy atom. The minimum Gasteiger partial charge on any atom is -0.352 e. The van der Waals surface area contributed by atoms with Gasteiger partial charge < -0.3 is 10.6 Å². The Balaban J connectivity index is 2.38. The summed E-state index contributed by atoms with van der Waals surface area (Å²) in [6.45, 7) is 7.56. The van der Waals surface area contributed by atoms with E-state index < -0.39 is 6.04 Å². The molecule has 0 aromatic rings. The van der Waals surface area contributed by atoms with Gasteiger partial charge in [0.2, 0.25) is 11.8 Å². The SMILES string of the molecule is CC(=O)NC(C)C(=O)NC1CCC(C)(C)C1. The fourth-order valence-corrected chi connectivity index (χ4v) is 2.26. The molecule has 2 N–H and O–H groups in total. The van der Waals surface area contributed by atoms with Crippen molar-refractivity contribution in [3.05, 3.63) is 0 Å². The van der Waals surface area contributed by atoms with Crippen LogP contribution in [0.25, 0.3) is 0 Å². The van der Waals surface area contributed by atoms with E-state index in [0.717, 1.165) is 19.3 Å². The Hall–Kier alpha value is -1.06. The fourth-order valence-electron chi connectivity index (χ4n) is 2.26. The zero-order valence-electron chi connectivity index (χ0n) is 10.6. The van der Waals surface area contributed by atoms with Crippen LogP contribution in [0.15, 0.2) is 0 Å². The predicted molar refractivity (Wildman–Crippen MR) is 62.8 cm³/mol. The van der Waals surface area contributed by atoms with Crippen molar-refractivity contribution >= 4 is 11.8 Å². The van der Waals surface area contributed by atoms with Gasteiger partial charge in [0.25, 0.3) is 0 Å². The molecule has 2 atom stereocenters. The summed E-state index contributed by atoms with van der Waals surface area (Å²) in [5.41, 5.74) is 0.329. The highest BCUT2D eigenvalue weighted by Crippen LogP contribution is 2.36. The van der Waals surface area contributed by atoms with E-state index in [0.29, 0.717) is 5.41 Å². The van der Waals surface area contributed by atoms with Crippen LogP contribution >= 0.6 is 0 Å². The van der Waals surface area contributed by atoms with Gasteiger partial charge in [0, 0.05) is 13.0 Å². The van der Waals surface area contributed by atoms with Crippen molar-refractivity contribution in [1.82, 2.24) is 10.6 Å². The second-order valence-corrected chi connectivity index (χ2v) is 5.53. The third-order valence-electron chi connectivity index (χ3n) is 3.13. The number of amides is 2. The molecule has 0 aromatic heterocycles. The first kappa shape index (κ1) is 13.0. The van der Waals surface area contributed by atoms with E-state index in [-0.39, 0.29) is 17.9 Å². The van der Waals surface area contributed by atoms with Crippen LogP contribution in [0.1, 0.15) is 47.0 Å². The summed E-state index contributed by atoms with van der Waals surface area (Å²) in [6.07, 6.45) is 3.20. The van der Waals surface area contributed by atoms with Crippen molar-refractivity contribution in [2.75, 3.05) is 0 Å². The molecule has 1 rings (SSSR count). The Morgan fingerprint density at radius 3 is 2.44 bits per heavy atom. The van der Waals surface area contributed by atoms with Gasteiger partial charge in [-0.05, 0) is 31.6 Å². The largest absolute Gasteiger partial charge is 0.352 e. The third kappa shape index (κ3) is 3.83. The zero-order valence-corrected chi connectivity index (χ0v) is 10.6. The van der Waals surface area contributed by atoms with E-state index in [1.54, 1.807) is 6.92 Å². The van der Waals surface area contributed by atoms with Gasteiger partial charge in [-0.3, -0.25) is 9.59 Å². The first-order valence-corrected chi connectivity index (χ1v) is 5.88. The first-order chi connectivity index (χ1) is 7.30. The molecule has 1 fully saturated rings. The number of carbonyl (C=O) groups is 2. The van der Waals surface area contributed by atoms with Crippen LogP contribution in [-0.2, 0) is 9.59 Å². The van der Waals surface area contributed by atoms with Crippen molar-refractivity contribution in [2.45, 2.75) is 59.0 Å². The fraction of sp³-hybridized carbons (Fsp3) is 0.833. The van der Waals surface area contributed by atoms with Gasteiger partial charge in [0.15, 0.2) is 0 Å². The van der Waals surface area contributed by atoms with Crippen molar-refractivity contribution in [1.29, 1.82) is 0 Å². The molecule has 2 unspecified atom stereocenters. The number of hydrogen-bond acceptors (Lipinski definition) is 2. The van der Waals surface area contributed by atoms with E-state index in [1.807, 2.05) is 0 Å². The molecule has 0 heterocycles. The van der Waals surface area contributed by atoms with E-state index in [9.17, 15) is 9.59 Å². The number of carbonyl (C=O) groups excluding carboxylic acids is 2. The summed E-state index contributed by atoms with van der Waals surface area (Å²) in [7, 11) is 0. The molecular formula is C12H22N2O2. The molecule has 2 amide bonds. The molecule has 92 valence electrons. The summed E-state index contributed by atoms with van der Waals surface area (Å²) in [6, 6.07) is -0.181. The summed E-state index contributed by atoms with van der Waals surface area (Å²) in [5, 5.41) is 5.57. The molecule has 0 saturated heterocycles. The quantitative estimate of drug-likeness (QED) is 0.760. The molecule has 1 aliphatic rings. The topological polar surface area (TPSA) is 58.2 Å². The summed E-state index contributed by atoms with van der Waals surface area (Å²) < 4.78 is 0. The standard InChI is InChI=1S/C12H22N2O2/c1-8(13-9(2)15)11(16)14-10-5-6-12(3,4)7-10/h8,10H,5-7H2,1-4H3,(H,13,15)(H,14,16). The molecule has 0 aliphatic heterocycles. The molecule has 4 heteroatoms. The van der Waals surface area contributed by atoms with Gasteiger partial charge in [0.05, 0.1) is 0 Å². The molecule has 0 radical (unpaired) electrons. The lowest BCUT2D eigenvalue weighted by Gasteiger charge is -2.20. The lowest BCUT2D eigenvalue weighted by Crippen LogP contribution is -2.47. The van der Waals surface area contributed by atoms with E-state index in [4.69, 9.17) is 0 Å². The average Bonchev–Trinajstić information content (AvgIpc) is 2.44. The van der Waals surface area contributed by atoms with Crippen molar-refractivity contribution in [2.24, 2.45) is 5.41 Å². The van der Waals surface area contributed by atoms with Gasteiger partial charge in [-0.2, -0.15) is 0 Å². The highest BCUT2D eigenvalue weighted by Gasteiger charge is 2.32. The Bertz CT molecular complexity index is 287. The monoisotopic (exact) mass is 226 g/mol. The van der Waals surface area contributed by atoms with E-state index in [1.165, 1.54) is 6.92 Å². The van der Waals surface area contributed by atoms with Crippen molar-refractivity contribution < 1.29 is 9.59 Å². The molecular weight excluding hydrogens is 204 g/mol. The number of rotatable bonds is 3. The molecule has 4 nitrogen and oxygen atoms in total. The lowest BCUT2D eigenvalue weighted by atomic mass is 9.92. The minimum absolute atomic E-state index is 0.0853. The minimum atomic E-state index is -0.443. The molecule has 0 aromatic carbocycles. The number of hydrogen-bond donors (Lipinski definition) is 2. The van der Waals surface area contributed by atoms with Crippen LogP contribution in [0.3, 0.4) is 0 Å². The van der Waals surface area contributed by atoms with Gasteiger partial charge in [-0.25, -0.2) is 0 Å². The molecule has 0 spiro atoms. The summed E-state index contributed by atoms with van der Waals surface area (Å²) in [5.74, 6) is -0.257. The molecule has 0 bridgehead atoms. The summed E-state index contributed by atoms with van der Waals surface area (Å²) >= 11 is 0. The second kappa shape index (κ2) is 4.85. The maximum absolute atomic E-state index is 11.7. The van der Waals surface area contributed by atoms with Crippen molar-refractivity contribution in [3.63, 3.8) is 0 Å². The molecule has 16 heavy (non-hydrogen) atoms. The van der Waals surface area contributed by atoms with Crippen LogP contribution in [0.2, 0.25) is 0 Å². The van der Waals surface area contributed by atoms with Crippen LogP contribution in [-0.4, -0.2) is 23.9 Å². The van der Waals surface area contributed by atoms with Gasteiger partial charge in [-0.1, -0.05) is 13.8 Å². The second-order valence-electron chi connectivity index (χ2n) is 5.53. The highest BCUT2D eigenvalue weighted by molar-refractivity contribution is 5.86. The van der Waals surface area contributed by atoms with Gasteiger partial charge in [-0.15, -0.1) is 0 Å². The van der Waals surface area contributed by atoms with E-state index >= 15 is 0 Å². The zero-order chi connectivity index (χ0) is 12.3. The smallest absolute Gasteiger partial charge is 0.242 e. The van der Waals surface area contributed by atoms with Crippen LogP contribution in [0, 0.1) is 5.41 Å². The van der Waals surface area contributed by atoms with Crippen LogP contribution in [0.5, 0.6) is 0 Å². The number of nitrogens with one attached hydrogen (secondary N) is 2. The van der Waals surface area contributed by atoms with Gasteiger partial charge in [0.1, 0.15) is 6.04 Å². The van der Waals surface area contributed by atoms with E-state index in [2.05, 4.69) is 24.5 Å². The Kier molecular flexibility index (Phi) is 3.94. The van der Waals surface area contributed by atoms with Crippen LogP contribution in [0.4, 0.5) is 0 Å². The van der Waals surface area contributed by atoms with Crippen molar-refractivity contribution in [3.8, 4) is 0 Å². The maximum Gasteiger partial charge on any atom is 0.242 e. The Labute approximate surface area is 97.2 Å². The highest BCUT2D eigenvalue weighted by atomic mass is 16.2. The normalized spacial score (nSPS) is 24.9. The first-order valence-electron chi connectivity index (χ1n) is 5.88. The van der Waals surface area contributed by atoms with Crippen LogP contribution < -0.4 is 10.6 Å². The predicted octanol–water partition coefficient (Wildman–Crippen LogP) is 1.21. The molecule has 1 saturated carbocycles. The Morgan fingerprint density at radius 1 is 1.38 bits per heavy atom. The third-order valence-corrected chi connectivity index (χ3v) is 3.13. The molecule has 1 aliphatic carbocycles. The van der Waals surface area contributed by atoms with Gasteiger partial charge >= 0.3 is 0 Å².